The molecule has 1 aliphatic rings. The van der Waals surface area contributed by atoms with Crippen LogP contribution >= 0.6 is 0 Å². The summed E-state index contributed by atoms with van der Waals surface area (Å²) in [4.78, 5) is 28.1. The molecule has 3 aromatic carbocycles. The molecule has 6 N–H and O–H groups in total. The summed E-state index contributed by atoms with van der Waals surface area (Å²) < 4.78 is 38.5. The molecule has 4 atom stereocenters. The van der Waals surface area contributed by atoms with Gasteiger partial charge < -0.3 is 30.7 Å². The summed E-state index contributed by atoms with van der Waals surface area (Å²) in [7, 11) is -4.69. The number of amides is 1. The van der Waals surface area contributed by atoms with E-state index in [-0.39, 0.29) is 28.4 Å². The van der Waals surface area contributed by atoms with Gasteiger partial charge in [-0.25, -0.2) is 19.7 Å². The van der Waals surface area contributed by atoms with Crippen LogP contribution in [-0.2, 0) is 19.2 Å². The summed E-state index contributed by atoms with van der Waals surface area (Å²) in [6, 6.07) is 22.5. The Bertz CT molecular complexity index is 2050. The van der Waals surface area contributed by atoms with Crippen molar-refractivity contribution in [3.63, 3.8) is 0 Å². The summed E-state index contributed by atoms with van der Waals surface area (Å²) in [6.07, 6.45) is -4.40. The predicted octanol–water partition coefficient (Wildman–Crippen LogP) is 3.11. The number of aliphatic hydroxyl groups is 2. The molecule has 1 fully saturated rings. The van der Waals surface area contributed by atoms with Gasteiger partial charge in [0, 0.05) is 5.56 Å². The maximum atomic E-state index is 12.4. The Kier molecular flexibility index (Phi) is 12.0. The lowest BCUT2D eigenvalue weighted by atomic mass is 9.99. The molecule has 1 aliphatic heterocycles. The first-order valence-corrected chi connectivity index (χ1v) is 17.8. The topological polar surface area (TPSA) is 215 Å². The number of phenols is 1. The van der Waals surface area contributed by atoms with E-state index in [0.717, 1.165) is 11.1 Å². The van der Waals surface area contributed by atoms with Crippen molar-refractivity contribution in [2.24, 2.45) is 0 Å². The fraction of sp³-hybridized carbons (Fsp3) is 0.314. The van der Waals surface area contributed by atoms with E-state index in [1.54, 1.807) is 4.72 Å². The monoisotopic (exact) mass is 719 g/mol. The van der Waals surface area contributed by atoms with Crippen LogP contribution in [0.15, 0.2) is 85.2 Å². The molecule has 0 aliphatic carbocycles. The minimum absolute atomic E-state index is 0.0748. The molecule has 1 saturated heterocycles. The van der Waals surface area contributed by atoms with Crippen molar-refractivity contribution in [2.75, 3.05) is 32.0 Å². The van der Waals surface area contributed by atoms with Crippen molar-refractivity contribution in [1.82, 2.24) is 29.1 Å². The average molecular weight is 720 g/mol. The highest BCUT2D eigenvalue weighted by Gasteiger charge is 2.45. The van der Waals surface area contributed by atoms with E-state index in [1.165, 1.54) is 54.8 Å². The van der Waals surface area contributed by atoms with Crippen LogP contribution < -0.4 is 10.5 Å². The average Bonchev–Trinajstić information content (AvgIpc) is 3.68. The molecular weight excluding hydrogens is 678 g/mol. The van der Waals surface area contributed by atoms with Crippen molar-refractivity contribution >= 4 is 33.2 Å². The molecule has 0 unspecified atom stereocenters. The lowest BCUT2D eigenvalue weighted by Gasteiger charge is -2.17. The Balaban J connectivity index is 0.000000654. The van der Waals surface area contributed by atoms with Gasteiger partial charge in [0.25, 0.3) is 5.91 Å². The first-order valence-electron chi connectivity index (χ1n) is 16.4. The van der Waals surface area contributed by atoms with E-state index in [9.17, 15) is 28.5 Å². The number of para-hydroxylation sites is 1. The summed E-state index contributed by atoms with van der Waals surface area (Å²) in [5.74, 6) is -1.19. The third-order valence-electron chi connectivity index (χ3n) is 8.41. The SMILES string of the molecule is CCN(CC)CC.Nc1nc(-c2ccccc2-c2ccccc2)nc2c1ncn2[C@@H]1O[C@H](COS(=O)(=O)NC(=O)c2ccccc2O)[C@@H](O)[C@H]1O. The van der Waals surface area contributed by atoms with Gasteiger partial charge in [-0.15, -0.1) is 0 Å². The molecule has 15 nitrogen and oxygen atoms in total. The number of phenolic OH excluding ortho intramolecular Hbond substituents is 1. The van der Waals surface area contributed by atoms with Gasteiger partial charge in [0.05, 0.1) is 18.5 Å². The highest BCUT2D eigenvalue weighted by atomic mass is 32.2. The zero-order chi connectivity index (χ0) is 36.7. The number of aromatic nitrogens is 4. The lowest BCUT2D eigenvalue weighted by Crippen LogP contribution is -2.37. The van der Waals surface area contributed by atoms with Crippen LogP contribution in [0.2, 0.25) is 0 Å². The molecule has 0 bridgehead atoms. The summed E-state index contributed by atoms with van der Waals surface area (Å²) in [5.41, 5.74) is 8.89. The van der Waals surface area contributed by atoms with Crippen molar-refractivity contribution in [3.05, 3.63) is 90.8 Å². The normalized spacial score (nSPS) is 18.8. The van der Waals surface area contributed by atoms with Crippen LogP contribution in [0.5, 0.6) is 5.75 Å². The van der Waals surface area contributed by atoms with Crippen LogP contribution in [0, 0.1) is 0 Å². The number of hydrogen-bond acceptors (Lipinski definition) is 13. The van der Waals surface area contributed by atoms with Crippen LogP contribution in [0.25, 0.3) is 33.7 Å². The van der Waals surface area contributed by atoms with Crippen LogP contribution in [0.3, 0.4) is 0 Å². The standard InChI is InChI=1S/C29H26N6O8S.C6H15N/c30-25-22-27(33-26(32-25)18-11-5-4-10-17(18)16-8-2-1-3-9-16)35(15-31-22)29-24(38)23(37)21(43-29)14-42-44(40,41)34-28(39)19-12-6-7-13-20(19)36;1-4-7(5-2)6-3/h1-13,15,21,23-24,29,36-38H,14H2,(H,34,39)(H2,30,32,33);4-6H2,1-3H3/t21-,23-,24-,29-;/m1./s1. The molecule has 1 amide bonds. The second-order valence-electron chi connectivity index (χ2n) is 11.5. The molecular formula is C35H41N7O8S. The number of imidazole rings is 1. The predicted molar refractivity (Wildman–Crippen MR) is 190 cm³/mol. The number of aliphatic hydroxyl groups excluding tert-OH is 2. The van der Waals surface area contributed by atoms with Gasteiger partial charge in [-0.1, -0.05) is 87.5 Å². The number of nitrogens with two attached hydrogens (primary N) is 1. The second-order valence-corrected chi connectivity index (χ2v) is 12.9. The van der Waals surface area contributed by atoms with Gasteiger partial charge >= 0.3 is 10.3 Å². The molecule has 16 heteroatoms. The van der Waals surface area contributed by atoms with E-state index in [1.807, 2.05) is 54.6 Å². The molecule has 0 radical (unpaired) electrons. The Hall–Kier alpha value is -4.97. The van der Waals surface area contributed by atoms with Gasteiger partial charge in [-0.3, -0.25) is 13.5 Å². The Morgan fingerprint density at radius 3 is 2.20 bits per heavy atom. The smallest absolute Gasteiger partial charge is 0.362 e. The van der Waals surface area contributed by atoms with Crippen molar-refractivity contribution < 1.29 is 37.5 Å². The highest BCUT2D eigenvalue weighted by Crippen LogP contribution is 2.35. The van der Waals surface area contributed by atoms with Crippen molar-refractivity contribution in [2.45, 2.75) is 45.3 Å². The number of nitrogens with one attached hydrogen (secondary N) is 1. The Labute approximate surface area is 295 Å². The minimum atomic E-state index is -4.69. The number of ether oxygens (including phenoxy) is 1. The van der Waals surface area contributed by atoms with Gasteiger partial charge in [-0.05, 0) is 42.9 Å². The lowest BCUT2D eigenvalue weighted by molar-refractivity contribution is -0.0468. The molecule has 0 spiro atoms. The molecule has 270 valence electrons. The minimum Gasteiger partial charge on any atom is -0.507 e. The molecule has 2 aromatic heterocycles. The molecule has 51 heavy (non-hydrogen) atoms. The summed E-state index contributed by atoms with van der Waals surface area (Å²) in [5, 5.41) is 31.3. The van der Waals surface area contributed by atoms with Crippen molar-refractivity contribution in [3.8, 4) is 28.3 Å². The number of hydrogen-bond donors (Lipinski definition) is 5. The van der Waals surface area contributed by atoms with E-state index >= 15 is 0 Å². The zero-order valence-corrected chi connectivity index (χ0v) is 29.1. The van der Waals surface area contributed by atoms with Crippen LogP contribution in [0.1, 0.15) is 37.4 Å². The van der Waals surface area contributed by atoms with E-state index in [0.29, 0.717) is 5.56 Å². The van der Waals surface area contributed by atoms with Crippen LogP contribution in [-0.4, -0.2) is 98.6 Å². The molecule has 5 aromatic rings. The van der Waals surface area contributed by atoms with Crippen LogP contribution in [0.4, 0.5) is 5.82 Å². The number of rotatable bonds is 11. The first-order chi connectivity index (χ1) is 24.5. The van der Waals surface area contributed by atoms with E-state index in [2.05, 4.69) is 40.6 Å². The third kappa shape index (κ3) is 8.50. The second kappa shape index (κ2) is 16.4. The van der Waals surface area contributed by atoms with Crippen molar-refractivity contribution in [1.29, 1.82) is 0 Å². The fourth-order valence-electron chi connectivity index (χ4n) is 5.58. The van der Waals surface area contributed by atoms with Gasteiger partial charge in [0.2, 0.25) is 0 Å². The highest BCUT2D eigenvalue weighted by molar-refractivity contribution is 7.85. The van der Waals surface area contributed by atoms with E-state index in [4.69, 9.17) is 14.7 Å². The zero-order valence-electron chi connectivity index (χ0n) is 28.3. The number of nitrogen functional groups attached to an aromatic ring is 1. The Morgan fingerprint density at radius 1 is 0.922 bits per heavy atom. The molecule has 6 rings (SSSR count). The van der Waals surface area contributed by atoms with Gasteiger partial charge in [0.1, 0.15) is 29.6 Å². The maximum absolute atomic E-state index is 12.4. The number of carbonyl (C=O) groups is 1. The fourth-order valence-corrected chi connectivity index (χ4v) is 6.29. The number of fused-ring (bicyclic) bond motifs is 1. The third-order valence-corrected chi connectivity index (χ3v) is 9.29. The first kappa shape index (κ1) is 37.3. The van der Waals surface area contributed by atoms with Gasteiger partial charge in [0.15, 0.2) is 23.5 Å². The number of anilines is 1. The molecule has 0 saturated carbocycles. The maximum Gasteiger partial charge on any atom is 0.362 e. The van der Waals surface area contributed by atoms with Gasteiger partial charge in [-0.2, -0.15) is 8.42 Å². The summed E-state index contributed by atoms with van der Waals surface area (Å²) >= 11 is 0. The Morgan fingerprint density at radius 2 is 1.55 bits per heavy atom. The summed E-state index contributed by atoms with van der Waals surface area (Å²) in [6.45, 7) is 9.37. The van der Waals surface area contributed by atoms with E-state index < -0.39 is 53.1 Å². The number of aromatic hydroxyl groups is 1. The number of benzene rings is 3. The molecule has 3 heterocycles. The number of carbonyl (C=O) groups excluding carboxylic acids is 1. The largest absolute Gasteiger partial charge is 0.507 e. The number of nitrogens with zero attached hydrogens (tertiary/aromatic N) is 5. The quantitative estimate of drug-likeness (QED) is 0.133.